The first-order valence-electron chi connectivity index (χ1n) is 4.99. The average molecular weight is 263 g/mol. The molecule has 90 valence electrons. The van der Waals surface area contributed by atoms with Crippen LogP contribution in [0.4, 0.5) is 0 Å². The van der Waals surface area contributed by atoms with Crippen molar-refractivity contribution in [2.75, 3.05) is 0 Å². The molecular formula is C10H15ClN2O2S. The lowest BCUT2D eigenvalue weighted by Crippen LogP contribution is -2.03. The second-order valence-corrected chi connectivity index (χ2v) is 6.31. The standard InChI is InChI=1S/C10H15ClN2O2S/c1-4-5-6-13-7-9(16(11,14)15)12-10(13)8(2)3/h4,7-8H,1,5-6H2,2-3H3. The van der Waals surface area contributed by atoms with Crippen LogP contribution in [-0.4, -0.2) is 18.0 Å². The van der Waals surface area contributed by atoms with Crippen molar-refractivity contribution >= 4 is 19.7 Å². The predicted molar refractivity (Wildman–Crippen MR) is 64.2 cm³/mol. The van der Waals surface area contributed by atoms with E-state index in [1.165, 1.54) is 6.20 Å². The molecule has 0 aliphatic rings. The topological polar surface area (TPSA) is 52.0 Å². The van der Waals surface area contributed by atoms with E-state index < -0.39 is 9.05 Å². The Labute approximate surface area is 100 Å². The van der Waals surface area contributed by atoms with Crippen molar-refractivity contribution in [2.24, 2.45) is 0 Å². The number of halogens is 1. The highest BCUT2D eigenvalue weighted by Crippen LogP contribution is 2.20. The average Bonchev–Trinajstić information content (AvgIpc) is 2.57. The molecule has 0 spiro atoms. The first kappa shape index (κ1) is 13.3. The Morgan fingerprint density at radius 1 is 1.62 bits per heavy atom. The highest BCUT2D eigenvalue weighted by molar-refractivity contribution is 8.13. The highest BCUT2D eigenvalue weighted by Gasteiger charge is 2.18. The summed E-state index contributed by atoms with van der Waals surface area (Å²) < 4.78 is 24.1. The highest BCUT2D eigenvalue weighted by atomic mass is 35.7. The third-order valence-electron chi connectivity index (χ3n) is 2.13. The summed E-state index contributed by atoms with van der Waals surface area (Å²) >= 11 is 0. The molecule has 0 bridgehead atoms. The van der Waals surface area contributed by atoms with E-state index in [9.17, 15) is 8.42 Å². The number of hydrogen-bond acceptors (Lipinski definition) is 3. The van der Waals surface area contributed by atoms with Crippen LogP contribution in [0.1, 0.15) is 32.0 Å². The van der Waals surface area contributed by atoms with Crippen LogP contribution >= 0.6 is 10.7 Å². The monoisotopic (exact) mass is 262 g/mol. The fourth-order valence-corrected chi connectivity index (χ4v) is 2.07. The van der Waals surface area contributed by atoms with Gasteiger partial charge in [-0.1, -0.05) is 19.9 Å². The van der Waals surface area contributed by atoms with Crippen LogP contribution < -0.4 is 0 Å². The summed E-state index contributed by atoms with van der Waals surface area (Å²) in [4.78, 5) is 4.04. The molecule has 0 fully saturated rings. The van der Waals surface area contributed by atoms with E-state index in [0.29, 0.717) is 6.54 Å². The number of hydrogen-bond donors (Lipinski definition) is 0. The molecule has 6 heteroatoms. The fourth-order valence-electron chi connectivity index (χ4n) is 1.39. The summed E-state index contributed by atoms with van der Waals surface area (Å²) in [5, 5.41) is -0.0815. The molecule has 0 N–H and O–H groups in total. The van der Waals surface area contributed by atoms with Crippen LogP contribution in [0.25, 0.3) is 0 Å². The van der Waals surface area contributed by atoms with Crippen LogP contribution in [-0.2, 0) is 15.6 Å². The number of nitrogens with zero attached hydrogens (tertiary/aromatic N) is 2. The van der Waals surface area contributed by atoms with Crippen molar-refractivity contribution < 1.29 is 8.42 Å². The minimum absolute atomic E-state index is 0.0815. The van der Waals surface area contributed by atoms with Crippen molar-refractivity contribution in [3.05, 3.63) is 24.7 Å². The molecule has 1 aromatic rings. The zero-order valence-electron chi connectivity index (χ0n) is 9.35. The van der Waals surface area contributed by atoms with Gasteiger partial charge < -0.3 is 4.57 Å². The number of allylic oxidation sites excluding steroid dienone is 1. The van der Waals surface area contributed by atoms with Gasteiger partial charge in [-0.2, -0.15) is 0 Å². The Morgan fingerprint density at radius 2 is 2.25 bits per heavy atom. The van der Waals surface area contributed by atoms with Gasteiger partial charge in [-0.3, -0.25) is 0 Å². The molecular weight excluding hydrogens is 248 g/mol. The number of aromatic nitrogens is 2. The largest absolute Gasteiger partial charge is 0.333 e. The second kappa shape index (κ2) is 5.01. The maximum atomic E-state index is 11.2. The van der Waals surface area contributed by atoms with E-state index in [-0.39, 0.29) is 10.9 Å². The summed E-state index contributed by atoms with van der Waals surface area (Å²) in [7, 11) is 1.51. The Balaban J connectivity index is 3.15. The molecule has 1 rings (SSSR count). The number of aryl methyl sites for hydroxylation is 1. The van der Waals surface area contributed by atoms with Crippen LogP contribution in [0.5, 0.6) is 0 Å². The van der Waals surface area contributed by atoms with Crippen molar-refractivity contribution in [1.82, 2.24) is 9.55 Å². The van der Waals surface area contributed by atoms with Gasteiger partial charge in [0.25, 0.3) is 9.05 Å². The van der Waals surface area contributed by atoms with Gasteiger partial charge in [0, 0.05) is 29.3 Å². The molecule has 0 aliphatic carbocycles. The zero-order chi connectivity index (χ0) is 12.3. The van der Waals surface area contributed by atoms with E-state index in [0.717, 1.165) is 12.2 Å². The third kappa shape index (κ3) is 3.09. The van der Waals surface area contributed by atoms with Gasteiger partial charge in [0.1, 0.15) is 5.82 Å². The van der Waals surface area contributed by atoms with E-state index in [4.69, 9.17) is 10.7 Å². The van der Waals surface area contributed by atoms with E-state index in [1.807, 2.05) is 18.4 Å². The first-order valence-corrected chi connectivity index (χ1v) is 7.29. The molecule has 0 radical (unpaired) electrons. The van der Waals surface area contributed by atoms with Gasteiger partial charge in [0.2, 0.25) is 0 Å². The van der Waals surface area contributed by atoms with Crippen LogP contribution in [0.15, 0.2) is 23.9 Å². The summed E-state index contributed by atoms with van der Waals surface area (Å²) in [6, 6.07) is 0. The van der Waals surface area contributed by atoms with Gasteiger partial charge in [-0.15, -0.1) is 6.58 Å². The van der Waals surface area contributed by atoms with Crippen molar-refractivity contribution in [1.29, 1.82) is 0 Å². The molecule has 1 heterocycles. The molecule has 0 amide bonds. The van der Waals surface area contributed by atoms with E-state index in [2.05, 4.69) is 11.6 Å². The maximum absolute atomic E-state index is 11.2. The number of rotatable bonds is 5. The Bertz CT molecular complexity index is 477. The van der Waals surface area contributed by atoms with Gasteiger partial charge in [0.15, 0.2) is 5.03 Å². The minimum atomic E-state index is -3.75. The zero-order valence-corrected chi connectivity index (χ0v) is 10.9. The minimum Gasteiger partial charge on any atom is -0.333 e. The second-order valence-electron chi connectivity index (χ2n) is 3.80. The normalized spacial score (nSPS) is 12.0. The number of imidazole rings is 1. The molecule has 4 nitrogen and oxygen atoms in total. The SMILES string of the molecule is C=CCCn1cc(S(=O)(=O)Cl)nc1C(C)C. The Kier molecular flexibility index (Phi) is 4.15. The maximum Gasteiger partial charge on any atom is 0.280 e. The third-order valence-corrected chi connectivity index (χ3v) is 3.30. The predicted octanol–water partition coefficient (Wildman–Crippen LogP) is 2.51. The molecule has 0 atom stereocenters. The van der Waals surface area contributed by atoms with Gasteiger partial charge in [-0.05, 0) is 6.42 Å². The quantitative estimate of drug-likeness (QED) is 0.605. The Morgan fingerprint density at radius 3 is 2.69 bits per heavy atom. The van der Waals surface area contributed by atoms with Gasteiger partial charge >= 0.3 is 0 Å². The molecule has 16 heavy (non-hydrogen) atoms. The lowest BCUT2D eigenvalue weighted by Gasteiger charge is -2.07. The summed E-state index contributed by atoms with van der Waals surface area (Å²) in [5.74, 6) is 0.873. The smallest absolute Gasteiger partial charge is 0.280 e. The summed E-state index contributed by atoms with van der Waals surface area (Å²) in [5.41, 5.74) is 0. The van der Waals surface area contributed by atoms with E-state index in [1.54, 1.807) is 6.08 Å². The molecule has 0 saturated carbocycles. The molecule has 0 aromatic carbocycles. The van der Waals surface area contributed by atoms with Crippen LogP contribution in [0.2, 0.25) is 0 Å². The lowest BCUT2D eigenvalue weighted by atomic mass is 10.2. The van der Waals surface area contributed by atoms with Crippen LogP contribution in [0.3, 0.4) is 0 Å². The van der Waals surface area contributed by atoms with Crippen molar-refractivity contribution in [2.45, 2.75) is 37.8 Å². The van der Waals surface area contributed by atoms with Gasteiger partial charge in [-0.25, -0.2) is 13.4 Å². The molecule has 1 aromatic heterocycles. The lowest BCUT2D eigenvalue weighted by molar-refractivity contribution is 0.606. The van der Waals surface area contributed by atoms with Crippen molar-refractivity contribution in [3.8, 4) is 0 Å². The van der Waals surface area contributed by atoms with E-state index >= 15 is 0 Å². The van der Waals surface area contributed by atoms with Crippen LogP contribution in [0, 0.1) is 0 Å². The summed E-state index contributed by atoms with van der Waals surface area (Å²) in [6.07, 6.45) is 4.01. The first-order chi connectivity index (χ1) is 7.36. The molecule has 0 aliphatic heterocycles. The molecule has 0 unspecified atom stereocenters. The molecule has 0 saturated heterocycles. The van der Waals surface area contributed by atoms with Crippen molar-refractivity contribution in [3.63, 3.8) is 0 Å². The van der Waals surface area contributed by atoms with Gasteiger partial charge in [0.05, 0.1) is 0 Å². The summed E-state index contributed by atoms with van der Waals surface area (Å²) in [6.45, 7) is 8.20. The Hall–Kier alpha value is -0.810. The fraction of sp³-hybridized carbons (Fsp3) is 0.500.